The molecular weight excluding hydrogens is 411 g/mol. The molecule has 5 rings (SSSR count). The summed E-state index contributed by atoms with van der Waals surface area (Å²) >= 11 is 0. The van der Waals surface area contributed by atoms with Crippen LogP contribution in [0.4, 0.5) is 18.9 Å². The Morgan fingerprint density at radius 3 is 2.65 bits per heavy atom. The van der Waals surface area contributed by atoms with Gasteiger partial charge in [-0.15, -0.1) is 10.2 Å². The third-order valence-corrected chi connectivity index (χ3v) is 5.05. The molecule has 0 fully saturated rings. The molecule has 4 aromatic rings. The Morgan fingerprint density at radius 1 is 1.06 bits per heavy atom. The molecule has 0 saturated carbocycles. The van der Waals surface area contributed by atoms with Crippen molar-refractivity contribution in [3.63, 3.8) is 0 Å². The minimum atomic E-state index is -2.92. The summed E-state index contributed by atoms with van der Waals surface area (Å²) in [5, 5.41) is 8.22. The molecule has 3 heterocycles. The van der Waals surface area contributed by atoms with Gasteiger partial charge in [-0.05, 0) is 54.4 Å². The van der Waals surface area contributed by atoms with E-state index in [0.29, 0.717) is 35.7 Å². The van der Waals surface area contributed by atoms with Crippen LogP contribution in [-0.2, 0) is 6.42 Å². The lowest BCUT2D eigenvalue weighted by atomic mass is 10.1. The first-order valence-electron chi connectivity index (χ1n) is 9.36. The molecule has 0 atom stereocenters. The molecule has 0 N–H and O–H groups in total. The zero-order chi connectivity index (χ0) is 21.5. The van der Waals surface area contributed by atoms with Crippen molar-refractivity contribution in [3.05, 3.63) is 71.9 Å². The van der Waals surface area contributed by atoms with Gasteiger partial charge in [0.1, 0.15) is 17.3 Å². The number of aromatic nitrogens is 4. The van der Waals surface area contributed by atoms with Crippen LogP contribution in [0.25, 0.3) is 17.0 Å². The number of carbonyl (C=O) groups excluding carboxylic acids is 1. The highest BCUT2D eigenvalue weighted by Crippen LogP contribution is 2.31. The molecule has 2 aromatic heterocycles. The van der Waals surface area contributed by atoms with Gasteiger partial charge in [0, 0.05) is 17.8 Å². The molecule has 156 valence electrons. The summed E-state index contributed by atoms with van der Waals surface area (Å²) < 4.78 is 44.3. The van der Waals surface area contributed by atoms with E-state index in [1.54, 1.807) is 27.5 Å². The summed E-state index contributed by atoms with van der Waals surface area (Å²) in [5.41, 5.74) is 2.53. The summed E-state index contributed by atoms with van der Waals surface area (Å²) in [7, 11) is 0. The number of anilines is 1. The second-order valence-corrected chi connectivity index (χ2v) is 6.89. The van der Waals surface area contributed by atoms with Crippen molar-refractivity contribution in [1.82, 2.24) is 19.6 Å². The molecule has 7 nitrogen and oxygen atoms in total. The molecule has 0 saturated heterocycles. The summed E-state index contributed by atoms with van der Waals surface area (Å²) in [6, 6.07) is 10.2. The van der Waals surface area contributed by atoms with E-state index in [2.05, 4.69) is 19.9 Å². The van der Waals surface area contributed by atoms with Gasteiger partial charge in [-0.3, -0.25) is 14.2 Å². The minimum Gasteiger partial charge on any atom is -0.435 e. The maximum absolute atomic E-state index is 13.5. The molecule has 0 aliphatic carbocycles. The van der Waals surface area contributed by atoms with Crippen molar-refractivity contribution in [1.29, 1.82) is 0 Å². The molecule has 31 heavy (non-hydrogen) atoms. The average Bonchev–Trinajstić information content (AvgIpc) is 3.37. The minimum absolute atomic E-state index is 0.00597. The Morgan fingerprint density at radius 2 is 1.87 bits per heavy atom. The molecule has 0 spiro atoms. The summed E-state index contributed by atoms with van der Waals surface area (Å²) in [5.74, 6) is -0.325. The topological polar surface area (TPSA) is 72.6 Å². The molecule has 1 aliphatic rings. The Labute approximate surface area is 173 Å². The van der Waals surface area contributed by atoms with Crippen LogP contribution in [0.3, 0.4) is 0 Å². The molecule has 10 heteroatoms. The fourth-order valence-electron chi connectivity index (χ4n) is 3.69. The largest absolute Gasteiger partial charge is 0.435 e. The third-order valence-electron chi connectivity index (χ3n) is 5.05. The van der Waals surface area contributed by atoms with Crippen molar-refractivity contribution in [3.8, 4) is 17.1 Å². The predicted octanol–water partition coefficient (Wildman–Crippen LogP) is 3.73. The molecule has 0 radical (unpaired) electrons. The quantitative estimate of drug-likeness (QED) is 0.498. The fraction of sp³-hybridized carbons (Fsp3) is 0.143. The van der Waals surface area contributed by atoms with Gasteiger partial charge < -0.3 is 9.64 Å². The summed E-state index contributed by atoms with van der Waals surface area (Å²) in [6.45, 7) is -2.52. The van der Waals surface area contributed by atoms with Crippen LogP contribution in [0.1, 0.15) is 16.1 Å². The number of alkyl halides is 2. The van der Waals surface area contributed by atoms with Crippen LogP contribution in [-0.4, -0.2) is 38.6 Å². The van der Waals surface area contributed by atoms with E-state index in [9.17, 15) is 18.0 Å². The summed E-state index contributed by atoms with van der Waals surface area (Å²) in [6.07, 6.45) is 3.43. The van der Waals surface area contributed by atoms with Gasteiger partial charge in [0.2, 0.25) is 0 Å². The van der Waals surface area contributed by atoms with E-state index >= 15 is 0 Å². The Balaban J connectivity index is 1.55. The smallest absolute Gasteiger partial charge is 0.387 e. The maximum Gasteiger partial charge on any atom is 0.387 e. The normalized spacial score (nSPS) is 13.1. The number of hydrogen-bond acceptors (Lipinski definition) is 5. The summed E-state index contributed by atoms with van der Waals surface area (Å²) in [4.78, 5) is 19.0. The highest BCUT2D eigenvalue weighted by Gasteiger charge is 2.28. The highest BCUT2D eigenvalue weighted by molar-refractivity contribution is 6.06. The number of rotatable bonds is 4. The molecule has 1 aliphatic heterocycles. The number of halogens is 3. The number of fused-ring (bicyclic) bond motifs is 2. The highest BCUT2D eigenvalue weighted by atomic mass is 19.3. The lowest BCUT2D eigenvalue weighted by Crippen LogP contribution is -2.30. The van der Waals surface area contributed by atoms with Crippen molar-refractivity contribution < 1.29 is 22.7 Å². The number of amides is 1. The Kier molecular flexibility index (Phi) is 4.54. The van der Waals surface area contributed by atoms with Crippen LogP contribution in [0.5, 0.6) is 5.75 Å². The van der Waals surface area contributed by atoms with Crippen molar-refractivity contribution in [2.75, 3.05) is 11.4 Å². The van der Waals surface area contributed by atoms with E-state index in [1.165, 1.54) is 36.7 Å². The van der Waals surface area contributed by atoms with Gasteiger partial charge in [0.25, 0.3) is 5.91 Å². The van der Waals surface area contributed by atoms with Gasteiger partial charge in [-0.25, -0.2) is 4.39 Å². The van der Waals surface area contributed by atoms with E-state index in [1.807, 2.05) is 0 Å². The number of benzene rings is 2. The van der Waals surface area contributed by atoms with Crippen LogP contribution >= 0.6 is 0 Å². The zero-order valence-corrected chi connectivity index (χ0v) is 15.9. The van der Waals surface area contributed by atoms with Crippen molar-refractivity contribution >= 4 is 17.2 Å². The van der Waals surface area contributed by atoms with Gasteiger partial charge in [-0.2, -0.15) is 8.78 Å². The van der Waals surface area contributed by atoms with Crippen molar-refractivity contribution in [2.45, 2.75) is 13.0 Å². The van der Waals surface area contributed by atoms with E-state index < -0.39 is 6.61 Å². The SMILES string of the molecule is O=C(c1cncc2nnc(-c3ccc(OC(F)F)cc3)n12)N1CCc2cc(F)ccc21. The first-order valence-corrected chi connectivity index (χ1v) is 9.36. The fourth-order valence-corrected chi connectivity index (χ4v) is 3.69. The first-order chi connectivity index (χ1) is 15.0. The molecule has 2 aromatic carbocycles. The van der Waals surface area contributed by atoms with Crippen molar-refractivity contribution in [2.24, 2.45) is 0 Å². The standard InChI is InChI=1S/C21H14F3N5O2/c22-14-3-6-16-13(9-14)7-8-28(16)20(30)17-10-25-11-18-26-27-19(29(17)18)12-1-4-15(5-2-12)31-21(23)24/h1-6,9-11,21H,7-8H2. The number of nitrogens with zero attached hydrogens (tertiary/aromatic N) is 5. The molecule has 1 amide bonds. The first kappa shape index (κ1) is 19.0. The number of hydrogen-bond donors (Lipinski definition) is 0. The molecular formula is C21H14F3N5O2. The van der Waals surface area contributed by atoms with E-state index in [-0.39, 0.29) is 23.2 Å². The monoisotopic (exact) mass is 425 g/mol. The Bertz CT molecular complexity index is 1290. The van der Waals surface area contributed by atoms with Gasteiger partial charge in [0.05, 0.1) is 12.4 Å². The van der Waals surface area contributed by atoms with E-state index in [4.69, 9.17) is 0 Å². The number of ether oxygens (including phenoxy) is 1. The van der Waals surface area contributed by atoms with Crippen LogP contribution in [0.2, 0.25) is 0 Å². The lowest BCUT2D eigenvalue weighted by molar-refractivity contribution is -0.0498. The predicted molar refractivity (Wildman–Crippen MR) is 105 cm³/mol. The maximum atomic E-state index is 13.5. The van der Waals surface area contributed by atoms with Crippen LogP contribution in [0.15, 0.2) is 54.9 Å². The van der Waals surface area contributed by atoms with Gasteiger partial charge in [0.15, 0.2) is 11.5 Å². The second-order valence-electron chi connectivity index (χ2n) is 6.89. The van der Waals surface area contributed by atoms with E-state index in [0.717, 1.165) is 5.56 Å². The number of carbonyl (C=O) groups is 1. The third kappa shape index (κ3) is 3.35. The van der Waals surface area contributed by atoms with Gasteiger partial charge >= 0.3 is 6.61 Å². The van der Waals surface area contributed by atoms with Gasteiger partial charge in [-0.1, -0.05) is 0 Å². The van der Waals surface area contributed by atoms with Crippen LogP contribution < -0.4 is 9.64 Å². The lowest BCUT2D eigenvalue weighted by Gasteiger charge is -2.18. The second kappa shape index (κ2) is 7.38. The zero-order valence-electron chi connectivity index (χ0n) is 15.9. The molecule has 0 unspecified atom stereocenters. The average molecular weight is 425 g/mol. The van der Waals surface area contributed by atoms with Crippen LogP contribution in [0, 0.1) is 5.82 Å². The molecule has 0 bridgehead atoms. The Hall–Kier alpha value is -3.95.